The van der Waals surface area contributed by atoms with Gasteiger partial charge < -0.3 is 15.0 Å². The third kappa shape index (κ3) is 3.03. The van der Waals surface area contributed by atoms with Gasteiger partial charge in [0.1, 0.15) is 11.3 Å². The van der Waals surface area contributed by atoms with E-state index in [1.54, 1.807) is 0 Å². The van der Waals surface area contributed by atoms with Gasteiger partial charge in [-0.2, -0.15) is 11.8 Å². The molecular weight excluding hydrogens is 270 g/mol. The second kappa shape index (κ2) is 6.39. The fraction of sp³-hybridized carbons (Fsp3) is 0.533. The van der Waals surface area contributed by atoms with Crippen LogP contribution in [0.3, 0.4) is 0 Å². The van der Waals surface area contributed by atoms with Crippen molar-refractivity contribution in [1.82, 2.24) is 9.55 Å². The zero-order valence-electron chi connectivity index (χ0n) is 12.6. The molecule has 0 fully saturated rings. The highest BCUT2D eigenvalue weighted by atomic mass is 32.2. The molecule has 4 nitrogen and oxygen atoms in total. The predicted molar refractivity (Wildman–Crippen MR) is 87.6 cm³/mol. The summed E-state index contributed by atoms with van der Waals surface area (Å²) in [5, 5.41) is 0. The van der Waals surface area contributed by atoms with Crippen LogP contribution in [0.2, 0.25) is 0 Å². The molecule has 1 atom stereocenters. The molecule has 1 heterocycles. The summed E-state index contributed by atoms with van der Waals surface area (Å²) in [7, 11) is 0. The van der Waals surface area contributed by atoms with Gasteiger partial charge in [0.25, 0.3) is 0 Å². The lowest BCUT2D eigenvalue weighted by atomic mass is 10.2. The lowest BCUT2D eigenvalue weighted by Crippen LogP contribution is -2.11. The summed E-state index contributed by atoms with van der Waals surface area (Å²) in [6.45, 7) is 8.37. The maximum Gasteiger partial charge on any atom is 0.201 e. The summed E-state index contributed by atoms with van der Waals surface area (Å²) in [6.07, 6.45) is 0.125. The summed E-state index contributed by atoms with van der Waals surface area (Å²) in [5.74, 6) is 3.50. The number of thioether (sulfide) groups is 1. The monoisotopic (exact) mass is 293 g/mol. The van der Waals surface area contributed by atoms with E-state index >= 15 is 0 Å². The van der Waals surface area contributed by atoms with Crippen molar-refractivity contribution in [2.24, 2.45) is 0 Å². The van der Waals surface area contributed by atoms with E-state index in [1.807, 2.05) is 37.7 Å². The number of nitrogens with zero attached hydrogens (tertiary/aromatic N) is 2. The first kappa shape index (κ1) is 15.0. The summed E-state index contributed by atoms with van der Waals surface area (Å²) < 4.78 is 7.92. The Bertz CT molecular complexity index is 580. The molecule has 2 rings (SSSR count). The van der Waals surface area contributed by atoms with Crippen LogP contribution in [0.25, 0.3) is 11.0 Å². The fourth-order valence-corrected chi connectivity index (χ4v) is 3.01. The number of benzene rings is 1. The molecule has 1 aromatic carbocycles. The number of fused-ring (bicyclic) bond motifs is 1. The van der Waals surface area contributed by atoms with Crippen LogP contribution in [0.15, 0.2) is 18.2 Å². The number of imidazole rings is 1. The zero-order valence-corrected chi connectivity index (χ0v) is 13.4. The quantitative estimate of drug-likeness (QED) is 0.882. The molecule has 0 bridgehead atoms. The number of ether oxygens (including phenoxy) is 1. The van der Waals surface area contributed by atoms with E-state index in [4.69, 9.17) is 10.5 Å². The molecule has 0 amide bonds. The Morgan fingerprint density at radius 2 is 2.10 bits per heavy atom. The largest absolute Gasteiger partial charge is 0.489 e. The van der Waals surface area contributed by atoms with Crippen molar-refractivity contribution in [2.45, 2.75) is 39.8 Å². The van der Waals surface area contributed by atoms with Crippen molar-refractivity contribution < 1.29 is 4.74 Å². The number of nitrogen functional groups attached to an aromatic ring is 1. The maximum atomic E-state index is 6.11. The smallest absolute Gasteiger partial charge is 0.201 e. The summed E-state index contributed by atoms with van der Waals surface area (Å²) >= 11 is 1.91. The van der Waals surface area contributed by atoms with Crippen molar-refractivity contribution >= 4 is 28.7 Å². The van der Waals surface area contributed by atoms with Gasteiger partial charge in [0, 0.05) is 11.8 Å². The minimum atomic E-state index is 0.125. The Morgan fingerprint density at radius 3 is 2.75 bits per heavy atom. The summed E-state index contributed by atoms with van der Waals surface area (Å²) in [4.78, 5) is 4.50. The number of hydrogen-bond acceptors (Lipinski definition) is 4. The number of nitrogens with two attached hydrogens (primary N) is 1. The third-order valence-electron chi connectivity index (χ3n) is 3.08. The molecule has 0 saturated carbocycles. The van der Waals surface area contributed by atoms with E-state index in [1.165, 1.54) is 0 Å². The van der Waals surface area contributed by atoms with Gasteiger partial charge in [-0.05, 0) is 38.7 Å². The molecule has 0 spiro atoms. The van der Waals surface area contributed by atoms with Gasteiger partial charge in [-0.15, -0.1) is 0 Å². The van der Waals surface area contributed by atoms with Gasteiger partial charge in [-0.3, -0.25) is 0 Å². The lowest BCUT2D eigenvalue weighted by Gasteiger charge is -2.15. The molecule has 5 heteroatoms. The van der Waals surface area contributed by atoms with Gasteiger partial charge in [0.2, 0.25) is 5.95 Å². The van der Waals surface area contributed by atoms with Gasteiger partial charge in [-0.1, -0.05) is 13.0 Å². The van der Waals surface area contributed by atoms with E-state index < -0.39 is 0 Å². The first-order chi connectivity index (χ1) is 9.54. The molecule has 0 saturated heterocycles. The Morgan fingerprint density at radius 1 is 1.35 bits per heavy atom. The average Bonchev–Trinajstić information content (AvgIpc) is 2.73. The van der Waals surface area contributed by atoms with Crippen molar-refractivity contribution in [3.05, 3.63) is 18.2 Å². The molecule has 20 heavy (non-hydrogen) atoms. The second-order valence-electron chi connectivity index (χ2n) is 5.14. The van der Waals surface area contributed by atoms with E-state index in [2.05, 4.69) is 29.5 Å². The van der Waals surface area contributed by atoms with Crippen LogP contribution in [0.1, 0.15) is 33.7 Å². The molecule has 0 aliphatic carbocycles. The highest BCUT2D eigenvalue weighted by Crippen LogP contribution is 2.31. The Hall–Kier alpha value is -1.36. The molecule has 1 aromatic heterocycles. The Kier molecular flexibility index (Phi) is 4.81. The minimum Gasteiger partial charge on any atom is -0.489 e. The number of anilines is 1. The van der Waals surface area contributed by atoms with E-state index in [0.717, 1.165) is 28.3 Å². The van der Waals surface area contributed by atoms with Crippen molar-refractivity contribution in [3.63, 3.8) is 0 Å². The van der Waals surface area contributed by atoms with Crippen molar-refractivity contribution in [3.8, 4) is 5.75 Å². The first-order valence-electron chi connectivity index (χ1n) is 7.05. The highest BCUT2D eigenvalue weighted by Gasteiger charge is 2.17. The molecule has 2 aromatic rings. The highest BCUT2D eigenvalue weighted by molar-refractivity contribution is 7.99. The van der Waals surface area contributed by atoms with Crippen LogP contribution in [-0.4, -0.2) is 27.2 Å². The normalized spacial score (nSPS) is 13.1. The Labute approximate surface area is 124 Å². The van der Waals surface area contributed by atoms with Crippen LogP contribution in [0, 0.1) is 0 Å². The molecule has 110 valence electrons. The second-order valence-corrected chi connectivity index (χ2v) is 6.46. The SMILES string of the molecule is CCSCC(C)n1c(N)nc2c(OC(C)C)cccc21. The fourth-order valence-electron chi connectivity index (χ4n) is 2.28. The standard InChI is InChI=1S/C15H23N3OS/c1-5-20-9-11(4)18-12-7-6-8-13(19-10(2)3)14(12)17-15(18)16/h6-8,10-11H,5,9H2,1-4H3,(H2,16,17). The molecular formula is C15H23N3OS. The van der Waals surface area contributed by atoms with Crippen LogP contribution >= 0.6 is 11.8 Å². The molecule has 0 radical (unpaired) electrons. The number of aromatic nitrogens is 2. The minimum absolute atomic E-state index is 0.125. The zero-order chi connectivity index (χ0) is 14.7. The van der Waals surface area contributed by atoms with Gasteiger partial charge >= 0.3 is 0 Å². The van der Waals surface area contributed by atoms with E-state index in [0.29, 0.717) is 12.0 Å². The van der Waals surface area contributed by atoms with Crippen LogP contribution < -0.4 is 10.5 Å². The topological polar surface area (TPSA) is 53.1 Å². The molecule has 1 unspecified atom stereocenters. The first-order valence-corrected chi connectivity index (χ1v) is 8.20. The van der Waals surface area contributed by atoms with Crippen molar-refractivity contribution in [1.29, 1.82) is 0 Å². The van der Waals surface area contributed by atoms with Gasteiger partial charge in [0.15, 0.2) is 0 Å². The lowest BCUT2D eigenvalue weighted by molar-refractivity contribution is 0.245. The molecule has 2 N–H and O–H groups in total. The summed E-state index contributed by atoms with van der Waals surface area (Å²) in [5.41, 5.74) is 8.01. The maximum absolute atomic E-state index is 6.11. The number of hydrogen-bond donors (Lipinski definition) is 1. The van der Waals surface area contributed by atoms with Gasteiger partial charge in [0.05, 0.1) is 11.6 Å². The van der Waals surface area contributed by atoms with Crippen LogP contribution in [-0.2, 0) is 0 Å². The average molecular weight is 293 g/mol. The predicted octanol–water partition coefficient (Wildman–Crippen LogP) is 3.72. The van der Waals surface area contributed by atoms with E-state index in [9.17, 15) is 0 Å². The van der Waals surface area contributed by atoms with Gasteiger partial charge in [-0.25, -0.2) is 4.98 Å². The van der Waals surface area contributed by atoms with E-state index in [-0.39, 0.29) is 6.10 Å². The Balaban J connectivity index is 2.43. The summed E-state index contributed by atoms with van der Waals surface area (Å²) in [6, 6.07) is 6.32. The number of para-hydroxylation sites is 1. The van der Waals surface area contributed by atoms with Crippen LogP contribution in [0.5, 0.6) is 5.75 Å². The number of rotatable bonds is 6. The molecule has 0 aliphatic heterocycles. The van der Waals surface area contributed by atoms with Crippen LogP contribution in [0.4, 0.5) is 5.95 Å². The third-order valence-corrected chi connectivity index (χ3v) is 4.20. The van der Waals surface area contributed by atoms with Crippen molar-refractivity contribution in [2.75, 3.05) is 17.2 Å². The molecule has 0 aliphatic rings.